The summed E-state index contributed by atoms with van der Waals surface area (Å²) in [5.41, 5.74) is 3.30. The van der Waals surface area contributed by atoms with Crippen molar-refractivity contribution in [2.45, 2.75) is 25.5 Å². The van der Waals surface area contributed by atoms with E-state index in [-0.39, 0.29) is 5.91 Å². The molecule has 4 rings (SSSR count). The van der Waals surface area contributed by atoms with Gasteiger partial charge in [0.1, 0.15) is 18.1 Å². The predicted octanol–water partition coefficient (Wildman–Crippen LogP) is 4.30. The number of hydrogen-bond donors (Lipinski definition) is 2. The minimum absolute atomic E-state index is 0.120. The molecular formula is C22H21N3O2. The Morgan fingerprint density at radius 3 is 2.52 bits per heavy atom. The summed E-state index contributed by atoms with van der Waals surface area (Å²) in [5, 5.41) is 6.24. The number of carbonyl (C=O) groups is 1. The molecule has 1 aliphatic carbocycles. The summed E-state index contributed by atoms with van der Waals surface area (Å²) in [6.45, 7) is 0.539. The number of ether oxygens (including phenoxy) is 1. The summed E-state index contributed by atoms with van der Waals surface area (Å²) >= 11 is 0. The summed E-state index contributed by atoms with van der Waals surface area (Å²) in [7, 11) is 0. The molecule has 0 unspecified atom stereocenters. The first-order valence-electron chi connectivity index (χ1n) is 9.07. The van der Waals surface area contributed by atoms with Gasteiger partial charge in [0.15, 0.2) is 0 Å². The second-order valence-corrected chi connectivity index (χ2v) is 6.60. The van der Waals surface area contributed by atoms with Crippen molar-refractivity contribution in [1.29, 1.82) is 0 Å². The molecule has 1 aromatic heterocycles. The van der Waals surface area contributed by atoms with Gasteiger partial charge in [0.05, 0.1) is 0 Å². The third-order valence-electron chi connectivity index (χ3n) is 4.30. The fraction of sp³-hybridized carbons (Fsp3) is 0.182. The molecule has 0 saturated heterocycles. The number of pyridine rings is 1. The average Bonchev–Trinajstić information content (AvgIpc) is 3.52. The predicted molar refractivity (Wildman–Crippen MR) is 105 cm³/mol. The Balaban J connectivity index is 1.36. The fourth-order valence-electron chi connectivity index (χ4n) is 2.66. The number of nitrogens with one attached hydrogen (secondary N) is 2. The lowest BCUT2D eigenvalue weighted by molar-refractivity contribution is 0.0946. The highest BCUT2D eigenvalue weighted by Gasteiger charge is 2.24. The van der Waals surface area contributed by atoms with Crippen LogP contribution in [0.4, 0.5) is 11.4 Å². The van der Waals surface area contributed by atoms with E-state index in [9.17, 15) is 4.79 Å². The summed E-state index contributed by atoms with van der Waals surface area (Å²) < 4.78 is 5.80. The van der Waals surface area contributed by atoms with Crippen LogP contribution in [0, 0.1) is 0 Å². The average molecular weight is 359 g/mol. The highest BCUT2D eigenvalue weighted by Crippen LogP contribution is 2.22. The number of benzene rings is 2. The quantitative estimate of drug-likeness (QED) is 0.660. The Morgan fingerprint density at radius 1 is 1.00 bits per heavy atom. The second kappa shape index (κ2) is 7.91. The van der Waals surface area contributed by atoms with Crippen molar-refractivity contribution >= 4 is 17.3 Å². The van der Waals surface area contributed by atoms with E-state index in [0.717, 1.165) is 35.5 Å². The Morgan fingerprint density at radius 2 is 1.78 bits per heavy atom. The van der Waals surface area contributed by atoms with Gasteiger partial charge in [0, 0.05) is 23.6 Å². The highest BCUT2D eigenvalue weighted by molar-refractivity contribution is 5.93. The van der Waals surface area contributed by atoms with Crippen LogP contribution in [0.15, 0.2) is 72.9 Å². The largest absolute Gasteiger partial charge is 0.489 e. The highest BCUT2D eigenvalue weighted by atomic mass is 16.5. The minimum atomic E-state index is -0.120. The number of nitrogens with zero attached hydrogens (tertiary/aromatic N) is 1. The molecule has 3 aromatic rings. The first-order valence-corrected chi connectivity index (χ1v) is 9.07. The zero-order valence-corrected chi connectivity index (χ0v) is 14.9. The van der Waals surface area contributed by atoms with Crippen molar-refractivity contribution in [3.8, 4) is 5.75 Å². The molecule has 0 atom stereocenters. The number of rotatable bonds is 7. The van der Waals surface area contributed by atoms with Gasteiger partial charge in [-0.05, 0) is 54.8 Å². The monoisotopic (exact) mass is 359 g/mol. The van der Waals surface area contributed by atoms with Gasteiger partial charge in [-0.25, -0.2) is 0 Å². The zero-order valence-electron chi connectivity index (χ0n) is 14.9. The molecule has 0 bridgehead atoms. The van der Waals surface area contributed by atoms with E-state index < -0.39 is 0 Å². The van der Waals surface area contributed by atoms with E-state index in [2.05, 4.69) is 15.6 Å². The van der Waals surface area contributed by atoms with E-state index in [1.165, 1.54) is 0 Å². The van der Waals surface area contributed by atoms with Crippen molar-refractivity contribution in [3.63, 3.8) is 0 Å². The molecule has 27 heavy (non-hydrogen) atoms. The van der Waals surface area contributed by atoms with Gasteiger partial charge < -0.3 is 15.4 Å². The molecular weight excluding hydrogens is 338 g/mol. The molecule has 5 heteroatoms. The van der Waals surface area contributed by atoms with Crippen LogP contribution in [0.25, 0.3) is 0 Å². The topological polar surface area (TPSA) is 63.2 Å². The van der Waals surface area contributed by atoms with Gasteiger partial charge in [-0.2, -0.15) is 0 Å². The molecule has 1 fully saturated rings. The lowest BCUT2D eigenvalue weighted by atomic mass is 10.2. The molecule has 1 heterocycles. The Hall–Kier alpha value is -3.34. The Labute approximate surface area is 158 Å². The number of carbonyl (C=O) groups excluding carboxylic acids is 1. The molecule has 1 saturated carbocycles. The lowest BCUT2D eigenvalue weighted by Gasteiger charge is -2.10. The van der Waals surface area contributed by atoms with Gasteiger partial charge in [-0.1, -0.05) is 30.3 Å². The van der Waals surface area contributed by atoms with Crippen LogP contribution in [0.3, 0.4) is 0 Å². The molecule has 2 aromatic carbocycles. The summed E-state index contributed by atoms with van der Waals surface area (Å²) in [5.74, 6) is 0.689. The smallest absolute Gasteiger partial charge is 0.270 e. The lowest BCUT2D eigenvalue weighted by Crippen LogP contribution is -2.26. The minimum Gasteiger partial charge on any atom is -0.489 e. The second-order valence-electron chi connectivity index (χ2n) is 6.60. The van der Waals surface area contributed by atoms with Crippen LogP contribution in [0.5, 0.6) is 5.75 Å². The van der Waals surface area contributed by atoms with E-state index >= 15 is 0 Å². The van der Waals surface area contributed by atoms with Crippen LogP contribution < -0.4 is 15.4 Å². The normalized spacial score (nSPS) is 13.0. The van der Waals surface area contributed by atoms with Crippen LogP contribution in [-0.2, 0) is 6.61 Å². The molecule has 2 N–H and O–H groups in total. The molecule has 136 valence electrons. The molecule has 5 nitrogen and oxygen atoms in total. The maximum Gasteiger partial charge on any atom is 0.270 e. The first kappa shape index (κ1) is 17.1. The van der Waals surface area contributed by atoms with E-state index in [0.29, 0.717) is 18.3 Å². The van der Waals surface area contributed by atoms with Crippen LogP contribution in [0.1, 0.15) is 28.9 Å². The molecule has 0 radical (unpaired) electrons. The van der Waals surface area contributed by atoms with Gasteiger partial charge in [0.2, 0.25) is 0 Å². The van der Waals surface area contributed by atoms with Crippen LogP contribution >= 0.6 is 0 Å². The van der Waals surface area contributed by atoms with Gasteiger partial charge in [-0.3, -0.25) is 9.78 Å². The maximum absolute atomic E-state index is 12.1. The van der Waals surface area contributed by atoms with Crippen molar-refractivity contribution in [2.24, 2.45) is 0 Å². The zero-order chi connectivity index (χ0) is 18.5. The van der Waals surface area contributed by atoms with E-state index in [1.807, 2.05) is 60.7 Å². The van der Waals surface area contributed by atoms with Gasteiger partial charge in [0.25, 0.3) is 5.91 Å². The van der Waals surface area contributed by atoms with Crippen molar-refractivity contribution < 1.29 is 9.53 Å². The van der Waals surface area contributed by atoms with Gasteiger partial charge in [-0.15, -0.1) is 0 Å². The van der Waals surface area contributed by atoms with Crippen LogP contribution in [0.2, 0.25) is 0 Å². The van der Waals surface area contributed by atoms with Gasteiger partial charge >= 0.3 is 0 Å². The number of hydrogen-bond acceptors (Lipinski definition) is 4. The number of anilines is 2. The Kier molecular flexibility index (Phi) is 5.01. The van der Waals surface area contributed by atoms with E-state index in [1.54, 1.807) is 12.3 Å². The van der Waals surface area contributed by atoms with Crippen molar-refractivity contribution in [1.82, 2.24) is 10.3 Å². The summed E-state index contributed by atoms with van der Waals surface area (Å²) in [4.78, 5) is 16.3. The maximum atomic E-state index is 12.1. The SMILES string of the molecule is O=C(NC1CC1)c1cc(Nc2ccc(OCc3ccccc3)cc2)ccn1. The number of amides is 1. The summed E-state index contributed by atoms with van der Waals surface area (Å²) in [6, 6.07) is 21.7. The van der Waals surface area contributed by atoms with Crippen molar-refractivity contribution in [3.05, 3.63) is 84.2 Å². The fourth-order valence-corrected chi connectivity index (χ4v) is 2.66. The van der Waals surface area contributed by atoms with E-state index in [4.69, 9.17) is 4.74 Å². The first-order chi connectivity index (χ1) is 13.3. The molecule has 1 aliphatic rings. The third-order valence-corrected chi connectivity index (χ3v) is 4.30. The summed E-state index contributed by atoms with van der Waals surface area (Å²) in [6.07, 6.45) is 3.76. The van der Waals surface area contributed by atoms with Crippen LogP contribution in [-0.4, -0.2) is 16.9 Å². The standard InChI is InChI=1S/C22H21N3O2/c26-22(25-18-6-7-18)21-14-19(12-13-23-21)24-17-8-10-20(11-9-17)27-15-16-4-2-1-3-5-16/h1-5,8-14,18H,6-7,15H2,(H,23,24)(H,25,26). The Bertz CT molecular complexity index is 906. The third kappa shape index (κ3) is 4.85. The molecule has 0 aliphatic heterocycles. The molecule has 0 spiro atoms. The van der Waals surface area contributed by atoms with Crippen molar-refractivity contribution in [2.75, 3.05) is 5.32 Å². The molecule has 1 amide bonds. The number of aromatic nitrogens is 1.